The molecule has 0 spiro atoms. The first-order valence-electron chi connectivity index (χ1n) is 4.06. The van der Waals surface area contributed by atoms with Crippen molar-refractivity contribution in [2.75, 3.05) is 0 Å². The van der Waals surface area contributed by atoms with Crippen LogP contribution in [0.5, 0.6) is 0 Å². The van der Waals surface area contributed by atoms with Crippen molar-refractivity contribution in [3.63, 3.8) is 0 Å². The van der Waals surface area contributed by atoms with Gasteiger partial charge in [0.1, 0.15) is 0 Å². The smallest absolute Gasteiger partial charge is 0.0385 e. The fourth-order valence-electron chi connectivity index (χ4n) is 1.03. The molecule has 1 aromatic carbocycles. The van der Waals surface area contributed by atoms with Crippen LogP contribution < -0.4 is 5.19 Å². The van der Waals surface area contributed by atoms with Crippen LogP contribution in [0.3, 0.4) is 0 Å². The molecule has 0 N–H and O–H groups in total. The summed E-state index contributed by atoms with van der Waals surface area (Å²) in [6.45, 7) is 2.15. The van der Waals surface area contributed by atoms with Gasteiger partial charge in [-0.15, -0.1) is 0 Å². The summed E-state index contributed by atoms with van der Waals surface area (Å²) < 4.78 is 0. The molecule has 0 saturated carbocycles. The topological polar surface area (TPSA) is 0 Å². The number of allylic oxidation sites excluding steroid dienone is 1. The van der Waals surface area contributed by atoms with Crippen LogP contribution in [-0.4, -0.2) is 10.2 Å². The number of rotatable bonds is 2. The van der Waals surface area contributed by atoms with Crippen LogP contribution in [0.15, 0.2) is 30.3 Å². The predicted octanol–water partition coefficient (Wildman–Crippen LogP) is 1.10. The van der Waals surface area contributed by atoms with E-state index in [2.05, 4.69) is 43.3 Å². The van der Waals surface area contributed by atoms with Crippen molar-refractivity contribution < 1.29 is 0 Å². The third-order valence-electron chi connectivity index (χ3n) is 1.59. The molecule has 0 aliphatic heterocycles. The third kappa shape index (κ3) is 2.72. The van der Waals surface area contributed by atoms with Gasteiger partial charge in [0.25, 0.3) is 0 Å². The van der Waals surface area contributed by atoms with Gasteiger partial charge in [0.05, 0.1) is 0 Å². The van der Waals surface area contributed by atoms with Gasteiger partial charge in [-0.3, -0.25) is 0 Å². The molecule has 1 aromatic rings. The molecular weight excluding hydrogens is 148 g/mol. The van der Waals surface area contributed by atoms with E-state index in [1.165, 1.54) is 10.8 Å². The fraction of sp³-hybridized carbons (Fsp3) is 0.200. The van der Waals surface area contributed by atoms with Crippen molar-refractivity contribution in [1.29, 1.82) is 0 Å². The lowest BCUT2D eigenvalue weighted by molar-refractivity contribution is 1.23. The summed E-state index contributed by atoms with van der Waals surface area (Å²) in [7, 11) is 1.15. The number of hydrogen-bond donors (Lipinski definition) is 0. The van der Waals surface area contributed by atoms with Crippen molar-refractivity contribution in [3.05, 3.63) is 35.9 Å². The molecular formula is C10H14Si. The predicted molar refractivity (Wildman–Crippen MR) is 55.3 cm³/mol. The zero-order chi connectivity index (χ0) is 8.10. The molecule has 0 nitrogen and oxygen atoms in total. The van der Waals surface area contributed by atoms with Gasteiger partial charge in [0.2, 0.25) is 0 Å². The third-order valence-corrected chi connectivity index (χ3v) is 2.21. The Bertz CT molecular complexity index is 251. The Kier molecular flexibility index (Phi) is 3.11. The molecule has 1 rings (SSSR count). The molecule has 0 amide bonds. The van der Waals surface area contributed by atoms with Gasteiger partial charge < -0.3 is 0 Å². The minimum absolute atomic E-state index is 1.12. The van der Waals surface area contributed by atoms with Crippen molar-refractivity contribution in [3.8, 4) is 0 Å². The molecule has 0 atom stereocenters. The average Bonchev–Trinajstić information content (AvgIpc) is 2.01. The zero-order valence-corrected chi connectivity index (χ0v) is 9.17. The fourth-order valence-corrected chi connectivity index (χ4v) is 1.55. The van der Waals surface area contributed by atoms with Crippen LogP contribution in [0.2, 0.25) is 0 Å². The van der Waals surface area contributed by atoms with E-state index in [0.29, 0.717) is 0 Å². The lowest BCUT2D eigenvalue weighted by atomic mass is 10.2. The van der Waals surface area contributed by atoms with E-state index in [-0.39, 0.29) is 0 Å². The summed E-state index contributed by atoms with van der Waals surface area (Å²) >= 11 is 0. The highest BCUT2D eigenvalue weighted by atomic mass is 28.1. The first kappa shape index (κ1) is 8.28. The highest BCUT2D eigenvalue weighted by molar-refractivity contribution is 6.32. The molecule has 0 saturated heterocycles. The maximum absolute atomic E-state index is 2.25. The first-order chi connectivity index (χ1) is 5.33. The highest BCUT2D eigenvalue weighted by Gasteiger charge is 1.84. The SMILES string of the molecule is CCC=Cc1cccc([SiH3])c1. The van der Waals surface area contributed by atoms with Crippen LogP contribution in [0.4, 0.5) is 0 Å². The van der Waals surface area contributed by atoms with Crippen molar-refractivity contribution in [1.82, 2.24) is 0 Å². The standard InChI is InChI=1S/C10H14Si/c1-2-3-5-9-6-4-7-10(11)8-9/h3-8H,2H2,1,11H3. The van der Waals surface area contributed by atoms with Gasteiger partial charge in [0.15, 0.2) is 0 Å². The van der Waals surface area contributed by atoms with Gasteiger partial charge >= 0.3 is 0 Å². The van der Waals surface area contributed by atoms with Gasteiger partial charge in [-0.05, 0) is 12.0 Å². The number of hydrogen-bond acceptors (Lipinski definition) is 0. The summed E-state index contributed by atoms with van der Waals surface area (Å²) in [6.07, 6.45) is 5.49. The highest BCUT2D eigenvalue weighted by Crippen LogP contribution is 1.99. The van der Waals surface area contributed by atoms with E-state index in [9.17, 15) is 0 Å². The van der Waals surface area contributed by atoms with Gasteiger partial charge in [0, 0.05) is 10.2 Å². The Labute approximate surface area is 71.4 Å². The monoisotopic (exact) mass is 162 g/mol. The van der Waals surface area contributed by atoms with E-state index < -0.39 is 0 Å². The molecule has 11 heavy (non-hydrogen) atoms. The maximum Gasteiger partial charge on any atom is 0.0385 e. The van der Waals surface area contributed by atoms with Crippen molar-refractivity contribution >= 4 is 21.5 Å². The Morgan fingerprint density at radius 1 is 1.45 bits per heavy atom. The quantitative estimate of drug-likeness (QED) is 0.571. The molecule has 58 valence electrons. The first-order valence-corrected chi connectivity index (χ1v) is 5.06. The van der Waals surface area contributed by atoms with Crippen LogP contribution >= 0.6 is 0 Å². The molecule has 0 unspecified atom stereocenters. The molecule has 0 heterocycles. The normalized spacial score (nSPS) is 11.0. The molecule has 0 aliphatic rings. The van der Waals surface area contributed by atoms with Crippen molar-refractivity contribution in [2.45, 2.75) is 13.3 Å². The molecule has 0 aromatic heterocycles. The summed E-state index contributed by atoms with van der Waals surface area (Å²) in [4.78, 5) is 0. The van der Waals surface area contributed by atoms with E-state index in [0.717, 1.165) is 16.7 Å². The Balaban J connectivity index is 2.79. The Hall–Kier alpha value is -0.823. The van der Waals surface area contributed by atoms with Crippen LogP contribution in [0, 0.1) is 0 Å². The second-order valence-electron chi connectivity index (χ2n) is 2.72. The summed E-state index contributed by atoms with van der Waals surface area (Å²) in [5.41, 5.74) is 1.33. The van der Waals surface area contributed by atoms with Crippen molar-refractivity contribution in [2.24, 2.45) is 0 Å². The maximum atomic E-state index is 2.25. The summed E-state index contributed by atoms with van der Waals surface area (Å²) in [6, 6.07) is 8.69. The average molecular weight is 162 g/mol. The van der Waals surface area contributed by atoms with Crippen LogP contribution in [0.25, 0.3) is 6.08 Å². The van der Waals surface area contributed by atoms with Gasteiger partial charge in [-0.2, -0.15) is 0 Å². The molecule has 0 fully saturated rings. The molecule has 0 bridgehead atoms. The van der Waals surface area contributed by atoms with E-state index in [4.69, 9.17) is 0 Å². The summed E-state index contributed by atoms with van der Waals surface area (Å²) in [5.74, 6) is 0. The Morgan fingerprint density at radius 3 is 2.91 bits per heavy atom. The second-order valence-corrected chi connectivity index (χ2v) is 3.88. The minimum Gasteiger partial charge on any atom is -0.0842 e. The zero-order valence-electron chi connectivity index (χ0n) is 7.17. The van der Waals surface area contributed by atoms with Crippen LogP contribution in [-0.2, 0) is 0 Å². The largest absolute Gasteiger partial charge is 0.0842 e. The van der Waals surface area contributed by atoms with Crippen LogP contribution in [0.1, 0.15) is 18.9 Å². The van der Waals surface area contributed by atoms with E-state index >= 15 is 0 Å². The van der Waals surface area contributed by atoms with E-state index in [1.807, 2.05) is 0 Å². The van der Waals surface area contributed by atoms with E-state index in [1.54, 1.807) is 0 Å². The molecule has 0 radical (unpaired) electrons. The second kappa shape index (κ2) is 4.14. The number of benzene rings is 1. The molecule has 0 aliphatic carbocycles. The Morgan fingerprint density at radius 2 is 2.27 bits per heavy atom. The van der Waals surface area contributed by atoms with Gasteiger partial charge in [-0.25, -0.2) is 0 Å². The lowest BCUT2D eigenvalue weighted by Gasteiger charge is -1.94. The summed E-state index contributed by atoms with van der Waals surface area (Å²) in [5, 5.41) is 1.46. The van der Waals surface area contributed by atoms with Gasteiger partial charge in [-0.1, -0.05) is 48.5 Å². The lowest BCUT2D eigenvalue weighted by Crippen LogP contribution is -1.99. The molecule has 1 heteroatoms. The minimum atomic E-state index is 1.12.